The van der Waals surface area contributed by atoms with E-state index in [1.54, 1.807) is 6.07 Å². The molecule has 0 unspecified atom stereocenters. The Labute approximate surface area is 124 Å². The molecular formula is C17H23F3O. The summed E-state index contributed by atoms with van der Waals surface area (Å²) in [7, 11) is 0. The number of alkyl halides is 3. The van der Waals surface area contributed by atoms with Crippen molar-refractivity contribution in [3.63, 3.8) is 0 Å². The monoisotopic (exact) mass is 300 g/mol. The highest BCUT2D eigenvalue weighted by Gasteiger charge is 2.34. The van der Waals surface area contributed by atoms with Crippen LogP contribution in [0.15, 0.2) is 24.3 Å². The molecule has 1 aromatic carbocycles. The molecule has 0 amide bonds. The van der Waals surface area contributed by atoms with Crippen LogP contribution in [0.3, 0.4) is 0 Å². The number of aliphatic hydroxyl groups is 1. The second-order valence-corrected chi connectivity index (χ2v) is 6.33. The molecule has 1 aromatic rings. The topological polar surface area (TPSA) is 20.2 Å². The van der Waals surface area contributed by atoms with Crippen molar-refractivity contribution in [2.45, 2.75) is 63.6 Å². The number of hydrogen-bond acceptors (Lipinski definition) is 1. The third kappa shape index (κ3) is 4.47. The Balaban J connectivity index is 2.02. The molecule has 0 aliphatic heterocycles. The fourth-order valence-corrected chi connectivity index (χ4v) is 3.33. The molecule has 0 spiro atoms. The fraction of sp³-hybridized carbons (Fsp3) is 0.647. The van der Waals surface area contributed by atoms with Gasteiger partial charge in [0.1, 0.15) is 0 Å². The summed E-state index contributed by atoms with van der Waals surface area (Å²) >= 11 is 0. The molecule has 0 bridgehead atoms. The first-order valence-electron chi connectivity index (χ1n) is 7.71. The van der Waals surface area contributed by atoms with Crippen molar-refractivity contribution < 1.29 is 18.3 Å². The van der Waals surface area contributed by atoms with E-state index in [0.717, 1.165) is 31.4 Å². The predicted octanol–water partition coefficient (Wildman–Crippen LogP) is 4.97. The third-order valence-corrected chi connectivity index (χ3v) is 4.52. The van der Waals surface area contributed by atoms with Crippen LogP contribution in [-0.2, 0) is 12.6 Å². The zero-order valence-electron chi connectivity index (χ0n) is 12.4. The Hall–Kier alpha value is -1.03. The zero-order chi connectivity index (χ0) is 15.5. The summed E-state index contributed by atoms with van der Waals surface area (Å²) < 4.78 is 38.1. The average molecular weight is 300 g/mol. The van der Waals surface area contributed by atoms with Crippen LogP contribution in [0.25, 0.3) is 0 Å². The van der Waals surface area contributed by atoms with Crippen LogP contribution in [0, 0.1) is 5.92 Å². The number of rotatable bonds is 4. The van der Waals surface area contributed by atoms with Crippen LogP contribution >= 0.6 is 0 Å². The zero-order valence-corrected chi connectivity index (χ0v) is 12.4. The minimum absolute atomic E-state index is 0.315. The number of halogens is 3. The Kier molecular flexibility index (Phi) is 4.97. The average Bonchev–Trinajstić information content (AvgIpc) is 2.41. The van der Waals surface area contributed by atoms with Gasteiger partial charge in [0.25, 0.3) is 0 Å². The first-order valence-corrected chi connectivity index (χ1v) is 7.71. The van der Waals surface area contributed by atoms with Crippen molar-refractivity contribution in [2.75, 3.05) is 0 Å². The van der Waals surface area contributed by atoms with Crippen molar-refractivity contribution in [1.82, 2.24) is 0 Å². The molecule has 4 heteroatoms. The highest BCUT2D eigenvalue weighted by atomic mass is 19.4. The molecular weight excluding hydrogens is 277 g/mol. The van der Waals surface area contributed by atoms with Crippen molar-refractivity contribution in [2.24, 2.45) is 5.92 Å². The Morgan fingerprint density at radius 1 is 1.24 bits per heavy atom. The molecule has 1 N–H and O–H groups in total. The maximum absolute atomic E-state index is 12.7. The molecule has 0 radical (unpaired) electrons. The van der Waals surface area contributed by atoms with Gasteiger partial charge in [-0.25, -0.2) is 0 Å². The van der Waals surface area contributed by atoms with E-state index in [2.05, 4.69) is 6.92 Å². The van der Waals surface area contributed by atoms with Crippen molar-refractivity contribution in [1.29, 1.82) is 0 Å². The van der Waals surface area contributed by atoms with Gasteiger partial charge >= 0.3 is 6.18 Å². The van der Waals surface area contributed by atoms with Crippen LogP contribution in [-0.4, -0.2) is 10.7 Å². The lowest BCUT2D eigenvalue weighted by atomic mass is 9.74. The summed E-state index contributed by atoms with van der Waals surface area (Å²) in [4.78, 5) is 0. The maximum Gasteiger partial charge on any atom is 0.416 e. The Morgan fingerprint density at radius 2 is 1.90 bits per heavy atom. The van der Waals surface area contributed by atoms with E-state index >= 15 is 0 Å². The lowest BCUT2D eigenvalue weighted by Gasteiger charge is -2.36. The van der Waals surface area contributed by atoms with E-state index in [4.69, 9.17) is 0 Å². The molecule has 0 saturated heterocycles. The largest absolute Gasteiger partial charge is 0.416 e. The summed E-state index contributed by atoms with van der Waals surface area (Å²) in [6.07, 6.45) is 1.65. The maximum atomic E-state index is 12.7. The van der Waals surface area contributed by atoms with Gasteiger partial charge < -0.3 is 5.11 Å². The lowest BCUT2D eigenvalue weighted by molar-refractivity contribution is -0.137. The van der Waals surface area contributed by atoms with Crippen LogP contribution in [0.4, 0.5) is 13.2 Å². The fourth-order valence-electron chi connectivity index (χ4n) is 3.33. The molecule has 118 valence electrons. The highest BCUT2D eigenvalue weighted by molar-refractivity contribution is 5.27. The second kappa shape index (κ2) is 6.39. The van der Waals surface area contributed by atoms with E-state index in [-0.39, 0.29) is 0 Å². The molecule has 1 fully saturated rings. The smallest absolute Gasteiger partial charge is 0.390 e. The quantitative estimate of drug-likeness (QED) is 0.832. The van der Waals surface area contributed by atoms with Gasteiger partial charge in [-0.3, -0.25) is 0 Å². The molecule has 0 atom stereocenters. The summed E-state index contributed by atoms with van der Waals surface area (Å²) in [6.45, 7) is 2.16. The Morgan fingerprint density at radius 3 is 2.48 bits per heavy atom. The minimum atomic E-state index is -4.32. The van der Waals surface area contributed by atoms with Gasteiger partial charge in [0.15, 0.2) is 0 Å². The van der Waals surface area contributed by atoms with Gasteiger partial charge in [0.2, 0.25) is 0 Å². The first kappa shape index (κ1) is 16.3. The van der Waals surface area contributed by atoms with E-state index in [0.29, 0.717) is 30.7 Å². The van der Waals surface area contributed by atoms with Gasteiger partial charge in [0.05, 0.1) is 11.2 Å². The van der Waals surface area contributed by atoms with Crippen molar-refractivity contribution in [3.05, 3.63) is 35.4 Å². The van der Waals surface area contributed by atoms with Gasteiger partial charge in [-0.15, -0.1) is 0 Å². The van der Waals surface area contributed by atoms with Crippen molar-refractivity contribution in [3.8, 4) is 0 Å². The van der Waals surface area contributed by atoms with Crippen LogP contribution < -0.4 is 0 Å². The lowest BCUT2D eigenvalue weighted by Crippen LogP contribution is -2.36. The van der Waals surface area contributed by atoms with Gasteiger partial charge in [-0.1, -0.05) is 38.0 Å². The predicted molar refractivity (Wildman–Crippen MR) is 77.0 cm³/mol. The summed E-state index contributed by atoms with van der Waals surface area (Å²) in [5.41, 5.74) is -0.904. The molecule has 1 nitrogen and oxygen atoms in total. The number of hydrogen-bond donors (Lipinski definition) is 1. The highest BCUT2D eigenvalue weighted by Crippen LogP contribution is 2.37. The van der Waals surface area contributed by atoms with E-state index in [1.165, 1.54) is 12.5 Å². The van der Waals surface area contributed by atoms with Gasteiger partial charge in [-0.05, 0) is 43.2 Å². The molecule has 2 rings (SSSR count). The van der Waals surface area contributed by atoms with E-state index in [1.807, 2.05) is 0 Å². The summed E-state index contributed by atoms with van der Waals surface area (Å²) in [5.74, 6) is 0.664. The first-order chi connectivity index (χ1) is 9.82. The third-order valence-electron chi connectivity index (χ3n) is 4.52. The van der Waals surface area contributed by atoms with Crippen LogP contribution in [0.1, 0.15) is 56.6 Å². The molecule has 1 saturated carbocycles. The Bertz CT molecular complexity index is 459. The van der Waals surface area contributed by atoms with Gasteiger partial charge in [-0.2, -0.15) is 13.2 Å². The molecule has 1 aliphatic carbocycles. The standard InChI is InChI=1S/C17H23F3O/c1-2-4-13-7-9-16(21,10-8-13)12-14-5-3-6-15(11-14)17(18,19)20/h3,5-6,11,13,21H,2,4,7-10,12H2,1H3. The summed E-state index contributed by atoms with van der Waals surface area (Å²) in [5, 5.41) is 10.6. The van der Waals surface area contributed by atoms with Crippen LogP contribution in [0.2, 0.25) is 0 Å². The minimum Gasteiger partial charge on any atom is -0.390 e. The van der Waals surface area contributed by atoms with Crippen molar-refractivity contribution >= 4 is 0 Å². The normalized spacial score (nSPS) is 26.8. The molecule has 1 aliphatic rings. The number of benzene rings is 1. The van der Waals surface area contributed by atoms with E-state index in [9.17, 15) is 18.3 Å². The molecule has 0 heterocycles. The molecule has 0 aromatic heterocycles. The molecule has 21 heavy (non-hydrogen) atoms. The SMILES string of the molecule is CCCC1CCC(O)(Cc2cccc(C(F)(F)F)c2)CC1. The van der Waals surface area contributed by atoms with E-state index < -0.39 is 17.3 Å². The van der Waals surface area contributed by atoms with Crippen LogP contribution in [0.5, 0.6) is 0 Å². The summed E-state index contributed by atoms with van der Waals surface area (Å²) in [6, 6.07) is 5.33. The van der Waals surface area contributed by atoms with Gasteiger partial charge in [0, 0.05) is 6.42 Å². The second-order valence-electron chi connectivity index (χ2n) is 6.33.